The van der Waals surface area contributed by atoms with Crippen molar-refractivity contribution in [2.24, 2.45) is 7.05 Å². The van der Waals surface area contributed by atoms with E-state index in [0.717, 1.165) is 14.7 Å². The fraction of sp³-hybridized carbons (Fsp3) is 0.214. The van der Waals surface area contributed by atoms with Crippen LogP contribution < -0.4 is 22.2 Å². The molecule has 0 saturated carbocycles. The smallest absolute Gasteiger partial charge is 0.316 e. The van der Waals surface area contributed by atoms with Gasteiger partial charge in [-0.25, -0.2) is 0 Å². The molecule has 1 aromatic heterocycles. The number of amides is 1. The van der Waals surface area contributed by atoms with Crippen molar-refractivity contribution in [3.05, 3.63) is 56.9 Å². The predicted octanol–water partition coefficient (Wildman–Crippen LogP) is 0.0763. The van der Waals surface area contributed by atoms with Gasteiger partial charge in [0.2, 0.25) is 5.91 Å². The molecule has 3 N–H and O–H groups in total. The summed E-state index contributed by atoms with van der Waals surface area (Å²) in [6, 6.07) is 5.27. The van der Waals surface area contributed by atoms with E-state index in [0.29, 0.717) is 11.4 Å². The van der Waals surface area contributed by atoms with Gasteiger partial charge in [-0.15, -0.1) is 0 Å². The zero-order valence-electron chi connectivity index (χ0n) is 11.8. The van der Waals surface area contributed by atoms with E-state index in [9.17, 15) is 14.4 Å². The first-order chi connectivity index (χ1) is 9.90. The van der Waals surface area contributed by atoms with Crippen LogP contribution in [0.15, 0.2) is 40.2 Å². The van der Waals surface area contributed by atoms with Gasteiger partial charge in [0.15, 0.2) is 0 Å². The summed E-state index contributed by atoms with van der Waals surface area (Å²) in [7, 11) is 1.47. The van der Waals surface area contributed by atoms with Crippen molar-refractivity contribution in [2.75, 3.05) is 11.1 Å². The Balaban J connectivity index is 2.22. The van der Waals surface area contributed by atoms with Gasteiger partial charge in [0.05, 0.1) is 11.4 Å². The zero-order chi connectivity index (χ0) is 15.6. The van der Waals surface area contributed by atoms with Crippen LogP contribution in [0.25, 0.3) is 0 Å². The average molecular weight is 288 g/mol. The third-order valence-corrected chi connectivity index (χ3v) is 3.12. The number of carbonyl (C=O) groups is 1. The molecule has 0 saturated heterocycles. The number of rotatable bonds is 3. The molecule has 7 nitrogen and oxygen atoms in total. The molecule has 1 heterocycles. The van der Waals surface area contributed by atoms with Crippen LogP contribution in [0.2, 0.25) is 0 Å². The topological polar surface area (TPSA) is 99.1 Å². The average Bonchev–Trinajstić information content (AvgIpc) is 2.44. The largest absolute Gasteiger partial charge is 0.397 e. The first kappa shape index (κ1) is 14.6. The second-order valence-electron chi connectivity index (χ2n) is 4.73. The molecule has 1 aromatic carbocycles. The van der Waals surface area contributed by atoms with Crippen molar-refractivity contribution in [1.82, 2.24) is 9.13 Å². The van der Waals surface area contributed by atoms with Gasteiger partial charge in [-0.3, -0.25) is 19.0 Å². The molecular formula is C14H16N4O3. The lowest BCUT2D eigenvalue weighted by Gasteiger charge is -2.12. The van der Waals surface area contributed by atoms with Crippen molar-refractivity contribution >= 4 is 17.3 Å². The molecule has 1 amide bonds. The number of aryl methyl sites for hydroxylation is 2. The Kier molecular flexibility index (Phi) is 3.93. The zero-order valence-corrected chi connectivity index (χ0v) is 11.8. The van der Waals surface area contributed by atoms with Gasteiger partial charge in [0.1, 0.15) is 6.54 Å². The maximum absolute atomic E-state index is 12.0. The maximum atomic E-state index is 12.0. The number of carbonyl (C=O) groups excluding carboxylic acids is 1. The lowest BCUT2D eigenvalue weighted by atomic mass is 10.1. The summed E-state index contributed by atoms with van der Waals surface area (Å²) in [5.41, 5.74) is 6.15. The van der Waals surface area contributed by atoms with Crippen LogP contribution in [-0.4, -0.2) is 15.0 Å². The molecule has 21 heavy (non-hydrogen) atoms. The summed E-state index contributed by atoms with van der Waals surface area (Å²) < 4.78 is 2.22. The molecule has 0 bridgehead atoms. The molecule has 0 aliphatic carbocycles. The number of nitrogens with one attached hydrogen (secondary N) is 1. The van der Waals surface area contributed by atoms with Crippen molar-refractivity contribution in [3.8, 4) is 0 Å². The van der Waals surface area contributed by atoms with Gasteiger partial charge in [-0.2, -0.15) is 0 Å². The number of nitrogens with two attached hydrogens (primary N) is 1. The third kappa shape index (κ3) is 3.02. The van der Waals surface area contributed by atoms with Crippen LogP contribution in [0.3, 0.4) is 0 Å². The van der Waals surface area contributed by atoms with Crippen LogP contribution in [0.1, 0.15) is 5.56 Å². The lowest BCUT2D eigenvalue weighted by Crippen LogP contribution is -2.41. The highest BCUT2D eigenvalue weighted by Crippen LogP contribution is 2.22. The predicted molar refractivity (Wildman–Crippen MR) is 80.2 cm³/mol. The van der Waals surface area contributed by atoms with E-state index in [1.807, 2.05) is 13.0 Å². The number of para-hydroxylation sites is 1. The molecule has 0 spiro atoms. The molecule has 0 atom stereocenters. The minimum Gasteiger partial charge on any atom is -0.397 e. The fourth-order valence-corrected chi connectivity index (χ4v) is 1.91. The van der Waals surface area contributed by atoms with Gasteiger partial charge in [0, 0.05) is 19.4 Å². The van der Waals surface area contributed by atoms with Crippen LogP contribution in [0.4, 0.5) is 11.4 Å². The minimum atomic E-state index is -0.743. The number of hydrogen-bond donors (Lipinski definition) is 2. The third-order valence-electron chi connectivity index (χ3n) is 3.12. The normalized spacial score (nSPS) is 10.4. The number of hydrogen-bond acceptors (Lipinski definition) is 4. The minimum absolute atomic E-state index is 0.247. The van der Waals surface area contributed by atoms with E-state index in [4.69, 9.17) is 5.73 Å². The Morgan fingerprint density at radius 1 is 1.24 bits per heavy atom. The highest BCUT2D eigenvalue weighted by atomic mass is 16.2. The number of anilines is 2. The highest BCUT2D eigenvalue weighted by molar-refractivity contribution is 5.94. The van der Waals surface area contributed by atoms with Crippen LogP contribution in [0.5, 0.6) is 0 Å². The summed E-state index contributed by atoms with van der Waals surface area (Å²) in [4.78, 5) is 35.3. The van der Waals surface area contributed by atoms with Crippen LogP contribution >= 0.6 is 0 Å². The van der Waals surface area contributed by atoms with Gasteiger partial charge >= 0.3 is 11.1 Å². The summed E-state index contributed by atoms with van der Waals surface area (Å²) in [6.07, 6.45) is 2.82. The van der Waals surface area contributed by atoms with Crippen molar-refractivity contribution in [3.63, 3.8) is 0 Å². The van der Waals surface area contributed by atoms with Gasteiger partial charge in [-0.1, -0.05) is 12.1 Å². The van der Waals surface area contributed by atoms with Gasteiger partial charge in [0.25, 0.3) is 0 Å². The Bertz CT molecular complexity index is 784. The molecular weight excluding hydrogens is 272 g/mol. The monoisotopic (exact) mass is 288 g/mol. The van der Waals surface area contributed by atoms with Crippen LogP contribution in [-0.2, 0) is 18.4 Å². The van der Waals surface area contributed by atoms with E-state index in [1.54, 1.807) is 12.1 Å². The summed E-state index contributed by atoms with van der Waals surface area (Å²) in [6.45, 7) is 1.57. The fourth-order valence-electron chi connectivity index (χ4n) is 1.91. The SMILES string of the molecule is Cc1cccc(N)c1NC(=O)Cn1ccn(C)c(=O)c1=O. The molecule has 0 unspecified atom stereocenters. The van der Waals surface area contributed by atoms with Crippen molar-refractivity contribution in [2.45, 2.75) is 13.5 Å². The van der Waals surface area contributed by atoms with E-state index < -0.39 is 17.0 Å². The second kappa shape index (κ2) is 5.66. The van der Waals surface area contributed by atoms with Gasteiger partial charge in [-0.05, 0) is 18.6 Å². The number of aromatic nitrogens is 2. The second-order valence-corrected chi connectivity index (χ2v) is 4.73. The molecule has 0 aliphatic rings. The molecule has 0 radical (unpaired) electrons. The maximum Gasteiger partial charge on any atom is 0.316 e. The number of nitrogens with zero attached hydrogens (tertiary/aromatic N) is 2. The van der Waals surface area contributed by atoms with E-state index in [2.05, 4.69) is 5.32 Å². The summed E-state index contributed by atoms with van der Waals surface area (Å²) in [5, 5.41) is 2.66. The summed E-state index contributed by atoms with van der Waals surface area (Å²) >= 11 is 0. The molecule has 0 aliphatic heterocycles. The standard InChI is InChI=1S/C14H16N4O3/c1-9-4-3-5-10(15)12(9)16-11(19)8-18-7-6-17(2)13(20)14(18)21/h3-7H,8,15H2,1-2H3,(H,16,19). The quantitative estimate of drug-likeness (QED) is 0.617. The van der Waals surface area contributed by atoms with Gasteiger partial charge < -0.3 is 15.6 Å². The first-order valence-electron chi connectivity index (χ1n) is 6.31. The highest BCUT2D eigenvalue weighted by Gasteiger charge is 2.10. The molecule has 2 aromatic rings. The molecule has 2 rings (SSSR count). The number of benzene rings is 1. The molecule has 7 heteroatoms. The molecule has 0 fully saturated rings. The summed E-state index contributed by atoms with van der Waals surface area (Å²) in [5.74, 6) is -0.425. The molecule has 110 valence electrons. The van der Waals surface area contributed by atoms with Crippen molar-refractivity contribution < 1.29 is 4.79 Å². The Morgan fingerprint density at radius 2 is 1.95 bits per heavy atom. The van der Waals surface area contributed by atoms with E-state index in [1.165, 1.54) is 19.4 Å². The Labute approximate surface area is 120 Å². The van der Waals surface area contributed by atoms with E-state index in [-0.39, 0.29) is 6.54 Å². The number of nitrogen functional groups attached to an aromatic ring is 1. The van der Waals surface area contributed by atoms with Crippen LogP contribution in [0, 0.1) is 6.92 Å². The Morgan fingerprint density at radius 3 is 2.62 bits per heavy atom. The Hall–Kier alpha value is -2.83. The van der Waals surface area contributed by atoms with E-state index >= 15 is 0 Å². The van der Waals surface area contributed by atoms with Crippen molar-refractivity contribution in [1.29, 1.82) is 0 Å². The lowest BCUT2D eigenvalue weighted by molar-refractivity contribution is -0.116. The first-order valence-corrected chi connectivity index (χ1v) is 6.31.